The van der Waals surface area contributed by atoms with Gasteiger partial charge in [-0.25, -0.2) is 4.68 Å². The van der Waals surface area contributed by atoms with Gasteiger partial charge in [-0.2, -0.15) is 5.10 Å². The van der Waals surface area contributed by atoms with Crippen LogP contribution in [0.4, 0.5) is 0 Å². The fraction of sp³-hybridized carbons (Fsp3) is 0.357. The Morgan fingerprint density at radius 1 is 1.26 bits per heavy atom. The molecule has 5 nitrogen and oxygen atoms in total. The molecule has 2 aromatic rings. The second-order valence-corrected chi connectivity index (χ2v) is 4.57. The van der Waals surface area contributed by atoms with Gasteiger partial charge in [0, 0.05) is 30.8 Å². The number of aromatic nitrogens is 3. The number of ketones is 1. The zero-order chi connectivity index (χ0) is 13.1. The van der Waals surface area contributed by atoms with E-state index in [0.29, 0.717) is 11.3 Å². The molecule has 5 heteroatoms. The second-order valence-electron chi connectivity index (χ2n) is 4.57. The zero-order valence-electron chi connectivity index (χ0n) is 10.5. The van der Waals surface area contributed by atoms with Crippen LogP contribution in [0.5, 0.6) is 0 Å². The number of ether oxygens (including phenoxy) is 1. The van der Waals surface area contributed by atoms with E-state index in [1.165, 1.54) is 0 Å². The van der Waals surface area contributed by atoms with Crippen LogP contribution in [0.2, 0.25) is 0 Å². The molecule has 0 aliphatic carbocycles. The summed E-state index contributed by atoms with van der Waals surface area (Å²) in [5, 5.41) is 4.33. The van der Waals surface area contributed by atoms with Crippen molar-refractivity contribution in [3.05, 3.63) is 48.0 Å². The SMILES string of the molecule is O=C(c1ccncc1)c1ccn(C2CCCCO2)n1. The van der Waals surface area contributed by atoms with Crippen LogP contribution in [-0.4, -0.2) is 27.2 Å². The molecular formula is C14H15N3O2. The van der Waals surface area contributed by atoms with Crippen LogP contribution >= 0.6 is 0 Å². The van der Waals surface area contributed by atoms with Crippen molar-refractivity contribution in [1.82, 2.24) is 14.8 Å². The molecule has 1 aliphatic rings. The van der Waals surface area contributed by atoms with Crippen molar-refractivity contribution in [2.75, 3.05) is 6.61 Å². The Morgan fingerprint density at radius 2 is 2.11 bits per heavy atom. The van der Waals surface area contributed by atoms with E-state index in [1.54, 1.807) is 35.3 Å². The van der Waals surface area contributed by atoms with Crippen LogP contribution in [-0.2, 0) is 4.74 Å². The summed E-state index contributed by atoms with van der Waals surface area (Å²) in [5.41, 5.74) is 1.05. The molecule has 0 amide bonds. The molecule has 98 valence electrons. The third-order valence-corrected chi connectivity index (χ3v) is 3.23. The number of nitrogens with zero attached hydrogens (tertiary/aromatic N) is 3. The number of hydrogen-bond donors (Lipinski definition) is 0. The summed E-state index contributed by atoms with van der Waals surface area (Å²) in [7, 11) is 0. The third-order valence-electron chi connectivity index (χ3n) is 3.23. The Kier molecular flexibility index (Phi) is 3.37. The summed E-state index contributed by atoms with van der Waals surface area (Å²) in [6.45, 7) is 0.762. The van der Waals surface area contributed by atoms with Gasteiger partial charge in [0.2, 0.25) is 5.78 Å². The van der Waals surface area contributed by atoms with Gasteiger partial charge >= 0.3 is 0 Å². The predicted octanol–water partition coefficient (Wildman–Crippen LogP) is 2.21. The van der Waals surface area contributed by atoms with Crippen molar-refractivity contribution in [1.29, 1.82) is 0 Å². The van der Waals surface area contributed by atoms with Crippen LogP contribution in [0.15, 0.2) is 36.8 Å². The average Bonchev–Trinajstić information content (AvgIpc) is 2.98. The minimum absolute atomic E-state index is 0.0345. The second kappa shape index (κ2) is 5.32. The number of carbonyl (C=O) groups is 1. The molecule has 1 aliphatic heterocycles. The summed E-state index contributed by atoms with van der Waals surface area (Å²) in [4.78, 5) is 16.1. The highest BCUT2D eigenvalue weighted by atomic mass is 16.5. The maximum absolute atomic E-state index is 12.2. The lowest BCUT2D eigenvalue weighted by Crippen LogP contribution is -2.19. The van der Waals surface area contributed by atoms with Crippen LogP contribution in [0.3, 0.4) is 0 Å². The maximum atomic E-state index is 12.2. The molecule has 2 aromatic heterocycles. The molecule has 1 atom stereocenters. The van der Waals surface area contributed by atoms with Gasteiger partial charge in [0.15, 0.2) is 0 Å². The first-order valence-corrected chi connectivity index (χ1v) is 6.46. The van der Waals surface area contributed by atoms with Gasteiger partial charge in [0.25, 0.3) is 0 Å². The quantitative estimate of drug-likeness (QED) is 0.791. The first-order chi connectivity index (χ1) is 9.34. The summed E-state index contributed by atoms with van der Waals surface area (Å²) in [5.74, 6) is -0.0861. The monoisotopic (exact) mass is 257 g/mol. The summed E-state index contributed by atoms with van der Waals surface area (Å²) >= 11 is 0. The number of hydrogen-bond acceptors (Lipinski definition) is 4. The Hall–Kier alpha value is -2.01. The fourth-order valence-electron chi connectivity index (χ4n) is 2.20. The minimum Gasteiger partial charge on any atom is -0.357 e. The first kappa shape index (κ1) is 12.0. The van der Waals surface area contributed by atoms with Gasteiger partial charge in [-0.05, 0) is 37.5 Å². The first-order valence-electron chi connectivity index (χ1n) is 6.46. The molecule has 0 saturated carbocycles. The average molecular weight is 257 g/mol. The van der Waals surface area contributed by atoms with Gasteiger partial charge in [0.1, 0.15) is 11.9 Å². The Morgan fingerprint density at radius 3 is 2.84 bits per heavy atom. The molecule has 1 unspecified atom stereocenters. The van der Waals surface area contributed by atoms with Gasteiger partial charge in [-0.1, -0.05) is 0 Å². The fourth-order valence-corrected chi connectivity index (χ4v) is 2.20. The molecule has 0 radical (unpaired) electrons. The molecule has 3 rings (SSSR count). The van der Waals surface area contributed by atoms with E-state index < -0.39 is 0 Å². The van der Waals surface area contributed by atoms with Gasteiger partial charge < -0.3 is 4.74 Å². The van der Waals surface area contributed by atoms with E-state index in [0.717, 1.165) is 25.9 Å². The summed E-state index contributed by atoms with van der Waals surface area (Å²) in [6, 6.07) is 5.12. The highest BCUT2D eigenvalue weighted by Gasteiger charge is 2.18. The lowest BCUT2D eigenvalue weighted by Gasteiger charge is -2.22. The summed E-state index contributed by atoms with van der Waals surface area (Å²) < 4.78 is 7.39. The lowest BCUT2D eigenvalue weighted by molar-refractivity contribution is -0.0395. The van der Waals surface area contributed by atoms with E-state index in [1.807, 2.05) is 6.20 Å². The van der Waals surface area contributed by atoms with Crippen molar-refractivity contribution in [2.24, 2.45) is 0 Å². The number of pyridine rings is 1. The van der Waals surface area contributed by atoms with Crippen molar-refractivity contribution in [3.8, 4) is 0 Å². The van der Waals surface area contributed by atoms with Crippen molar-refractivity contribution in [3.63, 3.8) is 0 Å². The zero-order valence-corrected chi connectivity index (χ0v) is 10.5. The molecule has 19 heavy (non-hydrogen) atoms. The Bertz CT molecular complexity index is 559. The minimum atomic E-state index is -0.0861. The molecule has 0 bridgehead atoms. The molecular weight excluding hydrogens is 242 g/mol. The maximum Gasteiger partial charge on any atom is 0.213 e. The predicted molar refractivity (Wildman–Crippen MR) is 68.7 cm³/mol. The molecule has 1 saturated heterocycles. The highest BCUT2D eigenvalue weighted by Crippen LogP contribution is 2.22. The largest absolute Gasteiger partial charge is 0.357 e. The summed E-state index contributed by atoms with van der Waals surface area (Å²) in [6.07, 6.45) is 8.17. The van der Waals surface area contributed by atoms with E-state index >= 15 is 0 Å². The molecule has 0 aromatic carbocycles. The van der Waals surface area contributed by atoms with Crippen molar-refractivity contribution >= 4 is 5.78 Å². The Labute approximate surface area is 111 Å². The Balaban J connectivity index is 1.79. The van der Waals surface area contributed by atoms with E-state index in [2.05, 4.69) is 10.1 Å². The topological polar surface area (TPSA) is 57.0 Å². The van der Waals surface area contributed by atoms with Gasteiger partial charge in [-0.15, -0.1) is 0 Å². The lowest BCUT2D eigenvalue weighted by atomic mass is 10.1. The van der Waals surface area contributed by atoms with E-state index in [-0.39, 0.29) is 12.0 Å². The van der Waals surface area contributed by atoms with Crippen molar-refractivity contribution in [2.45, 2.75) is 25.5 Å². The van der Waals surface area contributed by atoms with Crippen LogP contribution < -0.4 is 0 Å². The molecule has 3 heterocycles. The normalized spacial score (nSPS) is 19.3. The van der Waals surface area contributed by atoms with E-state index in [9.17, 15) is 4.79 Å². The van der Waals surface area contributed by atoms with Gasteiger partial charge in [-0.3, -0.25) is 9.78 Å². The molecule has 0 N–H and O–H groups in total. The van der Waals surface area contributed by atoms with Gasteiger partial charge in [0.05, 0.1) is 0 Å². The van der Waals surface area contributed by atoms with Crippen LogP contribution in [0.1, 0.15) is 41.5 Å². The third kappa shape index (κ3) is 2.56. The molecule has 0 spiro atoms. The highest BCUT2D eigenvalue weighted by molar-refractivity contribution is 6.07. The number of carbonyl (C=O) groups excluding carboxylic acids is 1. The van der Waals surface area contributed by atoms with Crippen LogP contribution in [0.25, 0.3) is 0 Å². The number of rotatable bonds is 3. The van der Waals surface area contributed by atoms with Crippen LogP contribution in [0, 0.1) is 0 Å². The standard InChI is InChI=1S/C14H15N3O2/c18-14(11-4-7-15-8-5-11)12-6-9-17(16-12)13-3-1-2-10-19-13/h4-9,13H,1-3,10H2. The van der Waals surface area contributed by atoms with Crippen molar-refractivity contribution < 1.29 is 9.53 Å². The van der Waals surface area contributed by atoms with E-state index in [4.69, 9.17) is 4.74 Å². The smallest absolute Gasteiger partial charge is 0.213 e. The molecule has 1 fully saturated rings.